The Kier molecular flexibility index (Phi) is 5.40. The molecule has 0 saturated carbocycles. The van der Waals surface area contributed by atoms with E-state index in [1.165, 1.54) is 5.56 Å². The molecule has 1 saturated heterocycles. The third-order valence-electron chi connectivity index (χ3n) is 6.02. The lowest BCUT2D eigenvalue weighted by atomic mass is 9.90. The van der Waals surface area contributed by atoms with E-state index >= 15 is 0 Å². The summed E-state index contributed by atoms with van der Waals surface area (Å²) >= 11 is 0. The maximum Gasteiger partial charge on any atom is 0.274 e. The van der Waals surface area contributed by atoms with Crippen LogP contribution in [0, 0.1) is 5.92 Å². The molecule has 150 valence electrons. The minimum atomic E-state index is -0.0389. The maximum absolute atomic E-state index is 13.1. The van der Waals surface area contributed by atoms with Gasteiger partial charge in [-0.1, -0.05) is 12.1 Å². The van der Waals surface area contributed by atoms with Crippen molar-refractivity contribution < 1.29 is 14.3 Å². The van der Waals surface area contributed by atoms with Crippen LogP contribution in [0.5, 0.6) is 5.75 Å². The average Bonchev–Trinajstić information content (AvgIpc) is 3.13. The number of aromatic nitrogens is 2. The summed E-state index contributed by atoms with van der Waals surface area (Å²) in [6.07, 6.45) is 3.92. The number of nitrogens with zero attached hydrogens (tertiary/aromatic N) is 2. The first-order chi connectivity index (χ1) is 13.5. The number of H-pyrrole nitrogens is 1. The first kappa shape index (κ1) is 19.0. The molecular weight excluding hydrogens is 354 g/mol. The van der Waals surface area contributed by atoms with Gasteiger partial charge in [-0.15, -0.1) is 0 Å². The molecule has 1 N–H and O–H groups in total. The van der Waals surface area contributed by atoms with Crippen LogP contribution in [0.15, 0.2) is 24.3 Å². The van der Waals surface area contributed by atoms with Crippen LogP contribution in [0.4, 0.5) is 0 Å². The van der Waals surface area contributed by atoms with Gasteiger partial charge in [0.15, 0.2) is 5.69 Å². The second kappa shape index (κ2) is 7.95. The predicted octanol–water partition coefficient (Wildman–Crippen LogP) is 3.54. The quantitative estimate of drug-likeness (QED) is 0.877. The highest BCUT2D eigenvalue weighted by Gasteiger charge is 2.32. The lowest BCUT2D eigenvalue weighted by molar-refractivity contribution is -0.00703. The highest BCUT2D eigenvalue weighted by molar-refractivity contribution is 5.94. The van der Waals surface area contributed by atoms with Crippen LogP contribution in [0.1, 0.15) is 60.1 Å². The lowest BCUT2D eigenvalue weighted by Crippen LogP contribution is -2.39. The van der Waals surface area contributed by atoms with Gasteiger partial charge < -0.3 is 14.4 Å². The second-order valence-corrected chi connectivity index (χ2v) is 8.05. The zero-order chi connectivity index (χ0) is 19.7. The molecule has 0 unspecified atom stereocenters. The normalized spacial score (nSPS) is 22.8. The molecule has 1 fully saturated rings. The fraction of sp³-hybridized carbons (Fsp3) is 0.545. The highest BCUT2D eigenvalue weighted by atomic mass is 16.5. The number of piperidine rings is 1. The van der Waals surface area contributed by atoms with E-state index in [0.717, 1.165) is 55.8 Å². The van der Waals surface area contributed by atoms with Crippen molar-refractivity contribution in [2.24, 2.45) is 5.92 Å². The number of nitrogens with one attached hydrogen (secondary N) is 1. The van der Waals surface area contributed by atoms with Gasteiger partial charge >= 0.3 is 0 Å². The van der Waals surface area contributed by atoms with Gasteiger partial charge in [-0.3, -0.25) is 9.89 Å². The molecule has 2 aliphatic rings. The van der Waals surface area contributed by atoms with Crippen molar-refractivity contribution in [2.45, 2.75) is 51.7 Å². The Labute approximate surface area is 166 Å². The third kappa shape index (κ3) is 3.78. The topological polar surface area (TPSA) is 67.5 Å². The minimum Gasteiger partial charge on any atom is -0.497 e. The van der Waals surface area contributed by atoms with E-state index in [-0.39, 0.29) is 18.1 Å². The van der Waals surface area contributed by atoms with E-state index in [9.17, 15) is 4.79 Å². The summed E-state index contributed by atoms with van der Waals surface area (Å²) in [5, 5.41) is 7.39. The Bertz CT molecular complexity index is 822. The molecule has 6 nitrogen and oxygen atoms in total. The molecule has 1 aromatic carbocycles. The number of carbonyl (C=O) groups is 1. The number of fused-ring (bicyclic) bond motifs is 1. The third-order valence-corrected chi connectivity index (χ3v) is 6.02. The van der Waals surface area contributed by atoms with Crippen molar-refractivity contribution in [1.82, 2.24) is 15.1 Å². The van der Waals surface area contributed by atoms with Crippen molar-refractivity contribution in [3.8, 4) is 5.75 Å². The molecule has 6 heteroatoms. The van der Waals surface area contributed by atoms with Gasteiger partial charge in [0, 0.05) is 25.1 Å². The summed E-state index contributed by atoms with van der Waals surface area (Å²) < 4.78 is 11.1. The highest BCUT2D eigenvalue weighted by Crippen LogP contribution is 2.31. The number of amides is 1. The lowest BCUT2D eigenvalue weighted by Gasteiger charge is -2.32. The van der Waals surface area contributed by atoms with Crippen LogP contribution in [-0.4, -0.2) is 47.3 Å². The maximum atomic E-state index is 13.1. The van der Waals surface area contributed by atoms with E-state index in [4.69, 9.17) is 9.47 Å². The van der Waals surface area contributed by atoms with E-state index in [0.29, 0.717) is 11.6 Å². The summed E-state index contributed by atoms with van der Waals surface area (Å²) in [5.41, 5.74) is 3.91. The molecule has 0 bridgehead atoms. The molecule has 4 rings (SSSR count). The summed E-state index contributed by atoms with van der Waals surface area (Å²) in [5.74, 6) is 1.56. The van der Waals surface area contributed by atoms with Crippen LogP contribution in [-0.2, 0) is 17.6 Å². The van der Waals surface area contributed by atoms with Gasteiger partial charge in [0.2, 0.25) is 0 Å². The van der Waals surface area contributed by atoms with Gasteiger partial charge in [-0.25, -0.2) is 0 Å². The molecule has 2 aliphatic heterocycles. The molecule has 0 spiro atoms. The number of ether oxygens (including phenoxy) is 2. The SMILES string of the molecule is COc1ccc(CC2CCN(C(=O)c3n[nH]c4c3C[C@H](C)O[C@@H]4C)CC2)cc1. The molecular formula is C22H29N3O3. The van der Waals surface area contributed by atoms with Crippen molar-refractivity contribution in [3.05, 3.63) is 46.8 Å². The number of methoxy groups -OCH3 is 1. The van der Waals surface area contributed by atoms with Crippen LogP contribution in [0.2, 0.25) is 0 Å². The van der Waals surface area contributed by atoms with Gasteiger partial charge in [-0.05, 0) is 56.7 Å². The number of rotatable bonds is 4. The molecule has 2 aromatic rings. The van der Waals surface area contributed by atoms with Crippen LogP contribution in [0.3, 0.4) is 0 Å². The van der Waals surface area contributed by atoms with Gasteiger partial charge in [0.05, 0.1) is 25.0 Å². The van der Waals surface area contributed by atoms with E-state index in [1.54, 1.807) is 7.11 Å². The van der Waals surface area contributed by atoms with Crippen molar-refractivity contribution >= 4 is 5.91 Å². The zero-order valence-corrected chi connectivity index (χ0v) is 16.9. The monoisotopic (exact) mass is 383 g/mol. The molecule has 1 aromatic heterocycles. The first-order valence-electron chi connectivity index (χ1n) is 10.2. The van der Waals surface area contributed by atoms with Gasteiger partial charge in [-0.2, -0.15) is 5.10 Å². The Morgan fingerprint density at radius 1 is 1.25 bits per heavy atom. The summed E-state index contributed by atoms with van der Waals surface area (Å²) in [6, 6.07) is 8.30. The fourth-order valence-corrected chi connectivity index (χ4v) is 4.44. The Balaban J connectivity index is 1.37. The summed E-state index contributed by atoms with van der Waals surface area (Å²) in [7, 11) is 1.69. The largest absolute Gasteiger partial charge is 0.497 e. The predicted molar refractivity (Wildman–Crippen MR) is 107 cm³/mol. The first-order valence-corrected chi connectivity index (χ1v) is 10.2. The van der Waals surface area contributed by atoms with Crippen molar-refractivity contribution in [1.29, 1.82) is 0 Å². The van der Waals surface area contributed by atoms with E-state index < -0.39 is 0 Å². The van der Waals surface area contributed by atoms with Crippen molar-refractivity contribution in [3.63, 3.8) is 0 Å². The van der Waals surface area contributed by atoms with Gasteiger partial charge in [0.25, 0.3) is 5.91 Å². The van der Waals surface area contributed by atoms with Crippen molar-refractivity contribution in [2.75, 3.05) is 20.2 Å². The zero-order valence-electron chi connectivity index (χ0n) is 16.9. The number of aromatic amines is 1. The smallest absolute Gasteiger partial charge is 0.274 e. The molecule has 28 heavy (non-hydrogen) atoms. The molecule has 1 amide bonds. The average molecular weight is 383 g/mol. The number of hydrogen-bond acceptors (Lipinski definition) is 4. The van der Waals surface area contributed by atoms with Crippen LogP contribution < -0.4 is 4.74 Å². The number of carbonyl (C=O) groups excluding carboxylic acids is 1. The Morgan fingerprint density at radius 3 is 2.64 bits per heavy atom. The Hall–Kier alpha value is -2.34. The molecule has 0 radical (unpaired) electrons. The van der Waals surface area contributed by atoms with E-state index in [1.807, 2.05) is 30.9 Å². The fourth-order valence-electron chi connectivity index (χ4n) is 4.44. The number of benzene rings is 1. The van der Waals surface area contributed by atoms with E-state index in [2.05, 4.69) is 22.3 Å². The molecule has 0 aliphatic carbocycles. The standard InChI is InChI=1S/C22H29N3O3/c1-14-12-19-20(15(2)28-14)23-24-21(19)22(26)25-10-8-17(9-11-25)13-16-4-6-18(27-3)7-5-16/h4-7,14-15,17H,8-13H2,1-3H3,(H,23,24)/t14-,15+/m0/s1. The van der Waals surface area contributed by atoms with Gasteiger partial charge in [0.1, 0.15) is 5.75 Å². The second-order valence-electron chi connectivity index (χ2n) is 8.05. The molecule has 2 atom stereocenters. The van der Waals surface area contributed by atoms with Crippen LogP contribution >= 0.6 is 0 Å². The minimum absolute atomic E-state index is 0.0389. The summed E-state index contributed by atoms with van der Waals surface area (Å²) in [4.78, 5) is 15.0. The number of hydrogen-bond donors (Lipinski definition) is 1. The van der Waals surface area contributed by atoms with Crippen LogP contribution in [0.25, 0.3) is 0 Å². The number of likely N-dealkylation sites (tertiary alicyclic amines) is 1. The Morgan fingerprint density at radius 2 is 1.96 bits per heavy atom. The molecule has 3 heterocycles. The summed E-state index contributed by atoms with van der Waals surface area (Å²) in [6.45, 7) is 5.64.